The van der Waals surface area contributed by atoms with Crippen LogP contribution < -0.4 is 4.46 Å². The summed E-state index contributed by atoms with van der Waals surface area (Å²) in [5.41, 5.74) is 1.49. The number of benzene rings is 1. The van der Waals surface area contributed by atoms with Gasteiger partial charge in [0.2, 0.25) is 0 Å². The SMILES string of the molecule is CC(C)c1cccc[c]1[Fe][C]1=CC=CC1. The molecule has 1 aromatic rings. The standard InChI is InChI=1S/C9H11.C5H5.Fe/c1-8(2)9-6-4-3-5-7-9;1-2-4-5-3-1;/h3-6,8H,1-2H3;1-3H,4H2;. The molecule has 0 unspecified atom stereocenters. The maximum atomic E-state index is 2.26. The van der Waals surface area contributed by atoms with Crippen LogP contribution in [0.2, 0.25) is 0 Å². The van der Waals surface area contributed by atoms with Crippen molar-refractivity contribution in [1.29, 1.82) is 0 Å². The summed E-state index contributed by atoms with van der Waals surface area (Å²) in [5.74, 6) is 0.621. The second-order valence-electron chi connectivity index (χ2n) is 3.98. The molecule has 0 amide bonds. The Labute approximate surface area is 98.2 Å². The Hall–Kier alpha value is -0.781. The summed E-state index contributed by atoms with van der Waals surface area (Å²) in [6.45, 7) is 4.53. The molecule has 1 aliphatic carbocycles. The molecular weight excluding hydrogens is 224 g/mol. The summed E-state index contributed by atoms with van der Waals surface area (Å²) in [4.78, 5) is 0. The van der Waals surface area contributed by atoms with Crippen molar-refractivity contribution in [2.75, 3.05) is 0 Å². The fourth-order valence-electron chi connectivity index (χ4n) is 1.62. The molecule has 0 N–H and O–H groups in total. The van der Waals surface area contributed by atoms with E-state index in [-0.39, 0.29) is 0 Å². The van der Waals surface area contributed by atoms with Gasteiger partial charge in [-0.15, -0.1) is 0 Å². The maximum absolute atomic E-state index is 2.26. The first-order chi connectivity index (χ1) is 7.27. The summed E-state index contributed by atoms with van der Waals surface area (Å²) in [6, 6.07) is 8.79. The van der Waals surface area contributed by atoms with Crippen LogP contribution in [-0.2, 0) is 15.0 Å². The van der Waals surface area contributed by atoms with Gasteiger partial charge in [-0.3, -0.25) is 0 Å². The van der Waals surface area contributed by atoms with Crippen LogP contribution >= 0.6 is 0 Å². The third kappa shape index (κ3) is 2.62. The summed E-state index contributed by atoms with van der Waals surface area (Å²) >= 11 is 1.11. The van der Waals surface area contributed by atoms with Gasteiger partial charge in [0.25, 0.3) is 0 Å². The molecule has 0 saturated heterocycles. The van der Waals surface area contributed by atoms with Crippen molar-refractivity contribution in [3.63, 3.8) is 0 Å². The van der Waals surface area contributed by atoms with Crippen molar-refractivity contribution in [3.05, 3.63) is 52.5 Å². The summed E-state index contributed by atoms with van der Waals surface area (Å²) in [5, 5.41) is 0. The first-order valence-electron chi connectivity index (χ1n) is 5.34. The fourth-order valence-corrected chi connectivity index (χ4v) is 3.21. The molecule has 0 radical (unpaired) electrons. The van der Waals surface area contributed by atoms with E-state index in [1.165, 1.54) is 14.5 Å². The van der Waals surface area contributed by atoms with E-state index in [1.807, 2.05) is 0 Å². The predicted molar refractivity (Wildman–Crippen MR) is 62.0 cm³/mol. The van der Waals surface area contributed by atoms with E-state index in [9.17, 15) is 0 Å². The van der Waals surface area contributed by atoms with Crippen molar-refractivity contribution in [2.45, 2.75) is 26.2 Å². The van der Waals surface area contributed by atoms with Crippen LogP contribution in [0.3, 0.4) is 0 Å². The Morgan fingerprint density at radius 1 is 1.20 bits per heavy atom. The van der Waals surface area contributed by atoms with Crippen LogP contribution in [0.5, 0.6) is 0 Å². The molecule has 0 heterocycles. The topological polar surface area (TPSA) is 0 Å². The molecule has 2 rings (SSSR count). The Balaban J connectivity index is 2.20. The molecule has 0 spiro atoms. The third-order valence-corrected chi connectivity index (χ3v) is 4.01. The molecule has 0 bridgehead atoms. The number of hydrogen-bond acceptors (Lipinski definition) is 0. The second-order valence-corrected chi connectivity index (χ2v) is 5.56. The number of hydrogen-bond donors (Lipinski definition) is 0. The van der Waals surface area contributed by atoms with Crippen molar-refractivity contribution in [1.82, 2.24) is 0 Å². The summed E-state index contributed by atoms with van der Waals surface area (Å²) < 4.78 is 3.02. The van der Waals surface area contributed by atoms with Gasteiger partial charge in [-0.2, -0.15) is 0 Å². The molecular formula is C14H16Fe. The zero-order valence-corrected chi connectivity index (χ0v) is 10.3. The Bertz CT molecular complexity index is 400. The second kappa shape index (κ2) is 4.83. The van der Waals surface area contributed by atoms with Gasteiger partial charge in [0.1, 0.15) is 0 Å². The quantitative estimate of drug-likeness (QED) is 0.710. The monoisotopic (exact) mass is 240 g/mol. The molecule has 80 valence electrons. The average molecular weight is 240 g/mol. The van der Waals surface area contributed by atoms with Gasteiger partial charge in [-0.05, 0) is 0 Å². The van der Waals surface area contributed by atoms with Crippen LogP contribution in [0.1, 0.15) is 31.7 Å². The van der Waals surface area contributed by atoms with Crippen LogP contribution in [0.15, 0.2) is 47.0 Å². The van der Waals surface area contributed by atoms with Crippen LogP contribution in [0.4, 0.5) is 0 Å². The van der Waals surface area contributed by atoms with Gasteiger partial charge in [0.15, 0.2) is 0 Å². The van der Waals surface area contributed by atoms with Crippen LogP contribution in [0.25, 0.3) is 0 Å². The van der Waals surface area contributed by atoms with E-state index >= 15 is 0 Å². The van der Waals surface area contributed by atoms with E-state index in [0.717, 1.165) is 21.4 Å². The fraction of sp³-hybridized carbons (Fsp3) is 0.286. The van der Waals surface area contributed by atoms with Gasteiger partial charge in [-0.25, -0.2) is 0 Å². The molecule has 0 fully saturated rings. The predicted octanol–water partition coefficient (Wildman–Crippen LogP) is 3.36. The van der Waals surface area contributed by atoms with E-state index in [2.05, 4.69) is 56.3 Å². The minimum atomic E-state index is 0.621. The molecule has 15 heavy (non-hydrogen) atoms. The summed E-state index contributed by atoms with van der Waals surface area (Å²) in [6.07, 6.45) is 7.77. The van der Waals surface area contributed by atoms with Crippen molar-refractivity contribution < 1.29 is 15.0 Å². The van der Waals surface area contributed by atoms with Gasteiger partial charge < -0.3 is 0 Å². The molecule has 0 nitrogen and oxygen atoms in total. The molecule has 1 heteroatoms. The van der Waals surface area contributed by atoms with Gasteiger partial charge in [-0.1, -0.05) is 0 Å². The molecule has 1 aliphatic rings. The zero-order valence-electron chi connectivity index (χ0n) is 9.18. The Kier molecular flexibility index (Phi) is 3.45. The normalized spacial score (nSPS) is 15.0. The zero-order chi connectivity index (χ0) is 10.7. The average Bonchev–Trinajstić information content (AvgIpc) is 2.71. The minimum absolute atomic E-state index is 0.621. The Morgan fingerprint density at radius 2 is 2.00 bits per heavy atom. The molecule has 0 aromatic heterocycles. The van der Waals surface area contributed by atoms with Gasteiger partial charge in [0, 0.05) is 0 Å². The van der Waals surface area contributed by atoms with Gasteiger partial charge >= 0.3 is 98.1 Å². The van der Waals surface area contributed by atoms with Crippen LogP contribution in [-0.4, -0.2) is 0 Å². The summed E-state index contributed by atoms with van der Waals surface area (Å²) in [7, 11) is 0. The number of rotatable bonds is 3. The molecule has 0 saturated carbocycles. The van der Waals surface area contributed by atoms with E-state index in [1.54, 1.807) is 0 Å². The van der Waals surface area contributed by atoms with E-state index in [4.69, 9.17) is 0 Å². The molecule has 0 atom stereocenters. The van der Waals surface area contributed by atoms with Crippen molar-refractivity contribution in [3.8, 4) is 0 Å². The number of allylic oxidation sites excluding steroid dienone is 4. The van der Waals surface area contributed by atoms with E-state index in [0.29, 0.717) is 5.92 Å². The van der Waals surface area contributed by atoms with Gasteiger partial charge in [0.05, 0.1) is 0 Å². The third-order valence-electron chi connectivity index (χ3n) is 2.44. The molecule has 0 aliphatic heterocycles. The first kappa shape index (κ1) is 10.7. The molecule has 1 aromatic carbocycles. The van der Waals surface area contributed by atoms with Crippen LogP contribution in [0, 0.1) is 0 Å². The first-order valence-corrected chi connectivity index (χ1v) is 6.45. The van der Waals surface area contributed by atoms with Crippen molar-refractivity contribution in [2.24, 2.45) is 0 Å². The Morgan fingerprint density at radius 3 is 2.67 bits per heavy atom. The van der Waals surface area contributed by atoms with Crippen molar-refractivity contribution >= 4 is 4.46 Å². The van der Waals surface area contributed by atoms with E-state index < -0.39 is 0 Å².